The highest BCUT2D eigenvalue weighted by Crippen LogP contribution is 2.15. The van der Waals surface area contributed by atoms with Crippen molar-refractivity contribution in [3.8, 4) is 0 Å². The highest BCUT2D eigenvalue weighted by molar-refractivity contribution is 5.90. The summed E-state index contributed by atoms with van der Waals surface area (Å²) in [5.41, 5.74) is 3.45. The fourth-order valence-corrected chi connectivity index (χ4v) is 1.59. The average molecular weight is 257 g/mol. The third-order valence-corrected chi connectivity index (χ3v) is 2.62. The number of hydrogen-bond acceptors (Lipinski definition) is 2. The number of anilines is 1. The summed E-state index contributed by atoms with van der Waals surface area (Å²) in [6.07, 6.45) is 1.50. The summed E-state index contributed by atoms with van der Waals surface area (Å²) >= 11 is 0. The van der Waals surface area contributed by atoms with Gasteiger partial charge in [0.2, 0.25) is 5.91 Å². The monoisotopic (exact) mass is 256 g/mol. The van der Waals surface area contributed by atoms with Gasteiger partial charge in [-0.05, 0) is 43.7 Å². The number of hydrogen-bond donors (Lipinski definition) is 2. The summed E-state index contributed by atoms with van der Waals surface area (Å²) in [4.78, 5) is 11.5. The van der Waals surface area contributed by atoms with Crippen LogP contribution in [0.1, 0.15) is 24.5 Å². The Balaban J connectivity index is 0.00000256. The zero-order chi connectivity index (χ0) is 12.0. The van der Waals surface area contributed by atoms with Crippen molar-refractivity contribution in [3.63, 3.8) is 0 Å². The van der Waals surface area contributed by atoms with Crippen molar-refractivity contribution in [3.05, 3.63) is 29.3 Å². The molecule has 2 N–H and O–H groups in total. The maximum Gasteiger partial charge on any atom is 0.225 e. The molecule has 1 rings (SSSR count). The van der Waals surface area contributed by atoms with E-state index in [9.17, 15) is 4.79 Å². The fraction of sp³-hybridized carbons (Fsp3) is 0.462. The summed E-state index contributed by atoms with van der Waals surface area (Å²) in [5, 5.41) is 5.85. The number of aryl methyl sites for hydroxylation is 2. The molecule has 0 aliphatic heterocycles. The van der Waals surface area contributed by atoms with Gasteiger partial charge in [0, 0.05) is 18.7 Å². The van der Waals surface area contributed by atoms with Gasteiger partial charge in [-0.1, -0.05) is 13.0 Å². The lowest BCUT2D eigenvalue weighted by Gasteiger charge is -2.08. The molecule has 1 aromatic rings. The third kappa shape index (κ3) is 5.20. The number of rotatable bonds is 5. The Hall–Kier alpha value is -1.06. The van der Waals surface area contributed by atoms with E-state index in [2.05, 4.69) is 24.5 Å². The maximum absolute atomic E-state index is 11.5. The average Bonchev–Trinajstić information content (AvgIpc) is 2.29. The molecule has 4 heteroatoms. The van der Waals surface area contributed by atoms with Crippen molar-refractivity contribution in [1.29, 1.82) is 0 Å². The van der Waals surface area contributed by atoms with Gasteiger partial charge in [-0.15, -0.1) is 12.4 Å². The zero-order valence-corrected chi connectivity index (χ0v) is 11.5. The molecule has 0 aliphatic rings. The molecule has 1 amide bonds. The molecular weight excluding hydrogens is 236 g/mol. The Labute approximate surface area is 109 Å². The minimum atomic E-state index is 0. The van der Waals surface area contributed by atoms with Crippen molar-refractivity contribution in [1.82, 2.24) is 5.32 Å². The summed E-state index contributed by atoms with van der Waals surface area (Å²) in [6, 6.07) is 6.05. The molecule has 96 valence electrons. The summed E-state index contributed by atoms with van der Waals surface area (Å²) < 4.78 is 0. The molecule has 1 aromatic carbocycles. The van der Waals surface area contributed by atoms with E-state index in [1.807, 2.05) is 25.2 Å². The molecule has 0 fully saturated rings. The molecule has 0 aromatic heterocycles. The molecule has 0 radical (unpaired) electrons. The Morgan fingerprint density at radius 1 is 1.35 bits per heavy atom. The van der Waals surface area contributed by atoms with Crippen molar-refractivity contribution in [2.75, 3.05) is 18.9 Å². The van der Waals surface area contributed by atoms with Crippen molar-refractivity contribution < 1.29 is 4.79 Å². The van der Waals surface area contributed by atoms with Crippen LogP contribution in [0.2, 0.25) is 0 Å². The van der Waals surface area contributed by atoms with Crippen LogP contribution in [0.25, 0.3) is 0 Å². The first-order valence-corrected chi connectivity index (χ1v) is 5.71. The topological polar surface area (TPSA) is 41.1 Å². The van der Waals surface area contributed by atoms with E-state index >= 15 is 0 Å². The minimum absolute atomic E-state index is 0. The first-order valence-electron chi connectivity index (χ1n) is 5.71. The van der Waals surface area contributed by atoms with Crippen LogP contribution in [0.3, 0.4) is 0 Å². The van der Waals surface area contributed by atoms with Crippen LogP contribution in [0.5, 0.6) is 0 Å². The van der Waals surface area contributed by atoms with Crippen LogP contribution in [-0.4, -0.2) is 19.5 Å². The van der Waals surface area contributed by atoms with E-state index in [4.69, 9.17) is 0 Å². The standard InChI is InChI=1S/C13H20N2O.ClH/c1-4-11-9-12(6-5-10(11)2)15-13(16)7-8-14-3;/h5-6,9,14H,4,7-8H2,1-3H3,(H,15,16);1H. The van der Waals surface area contributed by atoms with Crippen LogP contribution in [0, 0.1) is 6.92 Å². The molecule has 0 heterocycles. The summed E-state index contributed by atoms with van der Waals surface area (Å²) in [6.45, 7) is 4.92. The molecular formula is C13H21ClN2O. The lowest BCUT2D eigenvalue weighted by atomic mass is 10.1. The SMILES string of the molecule is CCc1cc(NC(=O)CCNC)ccc1C.Cl. The van der Waals surface area contributed by atoms with Gasteiger partial charge in [-0.2, -0.15) is 0 Å². The fourth-order valence-electron chi connectivity index (χ4n) is 1.59. The predicted octanol–water partition coefficient (Wildman–Crippen LogP) is 2.53. The lowest BCUT2D eigenvalue weighted by molar-refractivity contribution is -0.116. The van der Waals surface area contributed by atoms with Gasteiger partial charge in [0.15, 0.2) is 0 Å². The third-order valence-electron chi connectivity index (χ3n) is 2.62. The van der Waals surface area contributed by atoms with Gasteiger partial charge in [-0.25, -0.2) is 0 Å². The summed E-state index contributed by atoms with van der Waals surface area (Å²) in [5.74, 6) is 0.0558. The number of carbonyl (C=O) groups is 1. The van der Waals surface area contributed by atoms with Crippen molar-refractivity contribution in [2.45, 2.75) is 26.7 Å². The zero-order valence-electron chi connectivity index (χ0n) is 10.7. The second-order valence-corrected chi connectivity index (χ2v) is 3.90. The number of amides is 1. The highest BCUT2D eigenvalue weighted by atomic mass is 35.5. The van der Waals surface area contributed by atoms with Gasteiger partial charge in [0.1, 0.15) is 0 Å². The molecule has 0 spiro atoms. The lowest BCUT2D eigenvalue weighted by Crippen LogP contribution is -2.18. The van der Waals surface area contributed by atoms with E-state index in [0.717, 1.165) is 12.1 Å². The molecule has 3 nitrogen and oxygen atoms in total. The number of nitrogens with one attached hydrogen (secondary N) is 2. The maximum atomic E-state index is 11.5. The highest BCUT2D eigenvalue weighted by Gasteiger charge is 2.03. The van der Waals surface area contributed by atoms with Gasteiger partial charge in [-0.3, -0.25) is 4.79 Å². The van der Waals surface area contributed by atoms with Gasteiger partial charge >= 0.3 is 0 Å². The minimum Gasteiger partial charge on any atom is -0.326 e. The number of carbonyl (C=O) groups excluding carboxylic acids is 1. The molecule has 0 unspecified atom stereocenters. The predicted molar refractivity (Wildman–Crippen MR) is 75.0 cm³/mol. The van der Waals surface area contributed by atoms with Crippen LogP contribution in [0.4, 0.5) is 5.69 Å². The largest absolute Gasteiger partial charge is 0.326 e. The van der Waals surface area contributed by atoms with Crippen molar-refractivity contribution in [2.24, 2.45) is 0 Å². The van der Waals surface area contributed by atoms with Crippen LogP contribution < -0.4 is 10.6 Å². The Kier molecular flexibility index (Phi) is 7.59. The molecule has 0 atom stereocenters. The van der Waals surface area contributed by atoms with E-state index in [-0.39, 0.29) is 18.3 Å². The summed E-state index contributed by atoms with van der Waals surface area (Å²) in [7, 11) is 1.84. The Morgan fingerprint density at radius 3 is 2.65 bits per heavy atom. The molecule has 0 saturated carbocycles. The molecule has 0 aliphatic carbocycles. The normalized spacial score (nSPS) is 9.59. The van der Waals surface area contributed by atoms with Gasteiger partial charge in [0.25, 0.3) is 0 Å². The van der Waals surface area contributed by atoms with Crippen molar-refractivity contribution >= 4 is 24.0 Å². The molecule has 17 heavy (non-hydrogen) atoms. The van der Waals surface area contributed by atoms with E-state index < -0.39 is 0 Å². The molecule has 0 saturated heterocycles. The smallest absolute Gasteiger partial charge is 0.225 e. The second kappa shape index (κ2) is 8.09. The van der Waals surface area contributed by atoms with Crippen LogP contribution >= 0.6 is 12.4 Å². The Morgan fingerprint density at radius 2 is 2.06 bits per heavy atom. The van der Waals surface area contributed by atoms with E-state index in [1.54, 1.807) is 0 Å². The van der Waals surface area contributed by atoms with Gasteiger partial charge in [0.05, 0.1) is 0 Å². The molecule has 0 bridgehead atoms. The second-order valence-electron chi connectivity index (χ2n) is 3.90. The quantitative estimate of drug-likeness (QED) is 0.850. The number of halogens is 1. The van der Waals surface area contributed by atoms with Crippen LogP contribution in [0.15, 0.2) is 18.2 Å². The van der Waals surface area contributed by atoms with Crippen LogP contribution in [-0.2, 0) is 11.2 Å². The van der Waals surface area contributed by atoms with E-state index in [0.29, 0.717) is 13.0 Å². The van der Waals surface area contributed by atoms with Gasteiger partial charge < -0.3 is 10.6 Å². The van der Waals surface area contributed by atoms with E-state index in [1.165, 1.54) is 11.1 Å². The Bertz CT molecular complexity index is 366. The number of benzene rings is 1. The first-order chi connectivity index (χ1) is 7.67. The first kappa shape index (κ1) is 15.9.